The van der Waals surface area contributed by atoms with Gasteiger partial charge in [0.05, 0.1) is 6.54 Å². The van der Waals surface area contributed by atoms with Crippen molar-refractivity contribution in [3.05, 3.63) is 29.3 Å². The Bertz CT molecular complexity index is 469. The van der Waals surface area contributed by atoms with Gasteiger partial charge < -0.3 is 15.5 Å². The molecule has 0 unspecified atom stereocenters. The van der Waals surface area contributed by atoms with Crippen molar-refractivity contribution in [2.24, 2.45) is 0 Å². The maximum absolute atomic E-state index is 11.6. The average molecular weight is 275 g/mol. The number of anilines is 1. The summed E-state index contributed by atoms with van der Waals surface area (Å²) in [6, 6.07) is 7.16. The fourth-order valence-corrected chi connectivity index (χ4v) is 2.33. The van der Waals surface area contributed by atoms with Crippen molar-refractivity contribution in [3.63, 3.8) is 0 Å². The number of rotatable bonds is 7. The van der Waals surface area contributed by atoms with Crippen LogP contribution in [0.15, 0.2) is 18.2 Å². The molecule has 2 rings (SSSR count). The molecule has 110 valence electrons. The molecule has 0 bridgehead atoms. The van der Waals surface area contributed by atoms with E-state index in [1.165, 1.54) is 24.0 Å². The minimum atomic E-state index is 0.0496. The molecule has 0 saturated heterocycles. The van der Waals surface area contributed by atoms with E-state index in [4.69, 9.17) is 0 Å². The molecular formula is C16H25N3O. The summed E-state index contributed by atoms with van der Waals surface area (Å²) in [5.41, 5.74) is 3.70. The summed E-state index contributed by atoms with van der Waals surface area (Å²) in [4.78, 5) is 13.8. The van der Waals surface area contributed by atoms with Crippen molar-refractivity contribution in [3.8, 4) is 0 Å². The van der Waals surface area contributed by atoms with Crippen LogP contribution in [0.25, 0.3) is 0 Å². The third-order valence-electron chi connectivity index (χ3n) is 3.73. The highest BCUT2D eigenvalue weighted by Gasteiger charge is 2.21. The van der Waals surface area contributed by atoms with Crippen molar-refractivity contribution >= 4 is 11.6 Å². The smallest absolute Gasteiger partial charge is 0.239 e. The molecule has 20 heavy (non-hydrogen) atoms. The van der Waals surface area contributed by atoms with Gasteiger partial charge in [0.15, 0.2) is 0 Å². The summed E-state index contributed by atoms with van der Waals surface area (Å²) in [5.74, 6) is 0.0496. The van der Waals surface area contributed by atoms with Crippen LogP contribution in [0.2, 0.25) is 0 Å². The van der Waals surface area contributed by atoms with Crippen molar-refractivity contribution < 1.29 is 4.79 Å². The quantitative estimate of drug-likeness (QED) is 0.798. The second-order valence-electron chi connectivity index (χ2n) is 5.47. The molecule has 1 fully saturated rings. The van der Waals surface area contributed by atoms with Gasteiger partial charge in [0.2, 0.25) is 5.91 Å². The molecule has 2 N–H and O–H groups in total. The first-order chi connectivity index (χ1) is 9.63. The highest BCUT2D eigenvalue weighted by atomic mass is 16.1. The Kier molecular flexibility index (Phi) is 5.01. The van der Waals surface area contributed by atoms with Crippen molar-refractivity contribution in [2.75, 3.05) is 25.0 Å². The number of hydrogen-bond acceptors (Lipinski definition) is 3. The van der Waals surface area contributed by atoms with Gasteiger partial charge in [-0.2, -0.15) is 0 Å². The second-order valence-corrected chi connectivity index (χ2v) is 5.47. The summed E-state index contributed by atoms with van der Waals surface area (Å²) in [6.45, 7) is 6.31. The van der Waals surface area contributed by atoms with Gasteiger partial charge in [-0.25, -0.2) is 0 Å². The Morgan fingerprint density at radius 3 is 2.75 bits per heavy atom. The van der Waals surface area contributed by atoms with E-state index in [9.17, 15) is 4.79 Å². The van der Waals surface area contributed by atoms with Crippen LogP contribution in [0.1, 0.15) is 30.9 Å². The normalized spacial score (nSPS) is 14.2. The lowest BCUT2D eigenvalue weighted by Gasteiger charge is -2.25. The van der Waals surface area contributed by atoms with Crippen LogP contribution in [0.4, 0.5) is 5.69 Å². The van der Waals surface area contributed by atoms with Gasteiger partial charge in [0.1, 0.15) is 0 Å². The first kappa shape index (κ1) is 14.9. The number of carbonyl (C=O) groups is 1. The van der Waals surface area contributed by atoms with Gasteiger partial charge in [-0.3, -0.25) is 4.79 Å². The summed E-state index contributed by atoms with van der Waals surface area (Å²) >= 11 is 0. The highest BCUT2D eigenvalue weighted by molar-refractivity contribution is 5.81. The van der Waals surface area contributed by atoms with Gasteiger partial charge in [0.25, 0.3) is 0 Å². The predicted octanol–water partition coefficient (Wildman–Crippen LogP) is 1.82. The number of aryl methyl sites for hydroxylation is 1. The van der Waals surface area contributed by atoms with E-state index in [-0.39, 0.29) is 5.91 Å². The SMILES string of the molecule is CCN(CC(=O)NC)c1ccc(C)cc1CNC1CC1. The minimum Gasteiger partial charge on any atom is -0.362 e. The Morgan fingerprint density at radius 1 is 1.40 bits per heavy atom. The molecule has 0 spiro atoms. The third kappa shape index (κ3) is 3.97. The van der Waals surface area contributed by atoms with Gasteiger partial charge in [-0.15, -0.1) is 0 Å². The van der Waals surface area contributed by atoms with Crippen LogP contribution in [0.3, 0.4) is 0 Å². The van der Waals surface area contributed by atoms with Crippen LogP contribution in [0, 0.1) is 6.92 Å². The maximum Gasteiger partial charge on any atom is 0.239 e. The molecule has 1 aliphatic carbocycles. The fourth-order valence-electron chi connectivity index (χ4n) is 2.33. The van der Waals surface area contributed by atoms with E-state index >= 15 is 0 Å². The standard InChI is InChI=1S/C16H25N3O/c1-4-19(11-16(20)17-3)15-8-5-12(2)9-13(15)10-18-14-6-7-14/h5,8-9,14,18H,4,6-7,10-11H2,1-3H3,(H,17,20). The predicted molar refractivity (Wildman–Crippen MR) is 83.0 cm³/mol. The molecule has 0 radical (unpaired) electrons. The first-order valence-corrected chi connectivity index (χ1v) is 7.42. The molecule has 1 amide bonds. The second kappa shape index (κ2) is 6.75. The Hall–Kier alpha value is -1.55. The van der Waals surface area contributed by atoms with Crippen molar-refractivity contribution in [1.29, 1.82) is 0 Å². The van der Waals surface area contributed by atoms with Crippen LogP contribution < -0.4 is 15.5 Å². The summed E-state index contributed by atoms with van der Waals surface area (Å²) in [6.07, 6.45) is 2.58. The first-order valence-electron chi connectivity index (χ1n) is 7.42. The van der Waals surface area contributed by atoms with E-state index in [1.54, 1.807) is 7.05 Å². The van der Waals surface area contributed by atoms with Crippen LogP contribution in [-0.2, 0) is 11.3 Å². The van der Waals surface area contributed by atoms with E-state index < -0.39 is 0 Å². The lowest BCUT2D eigenvalue weighted by atomic mass is 10.1. The van der Waals surface area contributed by atoms with E-state index in [0.717, 1.165) is 18.8 Å². The van der Waals surface area contributed by atoms with Gasteiger partial charge in [-0.1, -0.05) is 17.7 Å². The van der Waals surface area contributed by atoms with Crippen LogP contribution >= 0.6 is 0 Å². The lowest BCUT2D eigenvalue weighted by molar-refractivity contribution is -0.119. The van der Waals surface area contributed by atoms with Gasteiger partial charge >= 0.3 is 0 Å². The molecular weight excluding hydrogens is 250 g/mol. The topological polar surface area (TPSA) is 44.4 Å². The number of carbonyl (C=O) groups excluding carboxylic acids is 1. The molecule has 4 nitrogen and oxygen atoms in total. The molecule has 1 aliphatic rings. The van der Waals surface area contributed by atoms with Gasteiger partial charge in [0, 0.05) is 31.9 Å². The number of amides is 1. The monoisotopic (exact) mass is 275 g/mol. The number of nitrogens with zero attached hydrogens (tertiary/aromatic N) is 1. The van der Waals surface area contributed by atoms with E-state index in [0.29, 0.717) is 12.6 Å². The Labute approximate surface area is 121 Å². The van der Waals surface area contributed by atoms with Crippen molar-refractivity contribution in [1.82, 2.24) is 10.6 Å². The largest absolute Gasteiger partial charge is 0.362 e. The molecule has 1 aromatic carbocycles. The van der Waals surface area contributed by atoms with Gasteiger partial charge in [-0.05, 0) is 38.3 Å². The van der Waals surface area contributed by atoms with Crippen molar-refractivity contribution in [2.45, 2.75) is 39.3 Å². The third-order valence-corrected chi connectivity index (χ3v) is 3.73. The zero-order valence-electron chi connectivity index (χ0n) is 12.7. The summed E-state index contributed by atoms with van der Waals surface area (Å²) in [5, 5.41) is 6.25. The molecule has 0 atom stereocenters. The Morgan fingerprint density at radius 2 is 2.15 bits per heavy atom. The number of benzene rings is 1. The molecule has 0 heterocycles. The fraction of sp³-hybridized carbons (Fsp3) is 0.562. The summed E-state index contributed by atoms with van der Waals surface area (Å²) in [7, 11) is 1.68. The van der Waals surface area contributed by atoms with Crippen LogP contribution in [0.5, 0.6) is 0 Å². The number of hydrogen-bond donors (Lipinski definition) is 2. The number of likely N-dealkylation sites (N-methyl/N-ethyl adjacent to an activating group) is 2. The highest BCUT2D eigenvalue weighted by Crippen LogP contribution is 2.24. The van der Waals surface area contributed by atoms with E-state index in [2.05, 4.69) is 47.6 Å². The molecule has 0 aromatic heterocycles. The number of nitrogens with one attached hydrogen (secondary N) is 2. The van der Waals surface area contributed by atoms with Crippen LogP contribution in [-0.4, -0.2) is 32.1 Å². The lowest BCUT2D eigenvalue weighted by Crippen LogP contribution is -2.36. The molecule has 1 aromatic rings. The molecule has 1 saturated carbocycles. The molecule has 4 heteroatoms. The minimum absolute atomic E-state index is 0.0496. The average Bonchev–Trinajstić information content (AvgIpc) is 3.27. The molecule has 0 aliphatic heterocycles. The maximum atomic E-state index is 11.6. The van der Waals surface area contributed by atoms with E-state index in [1.807, 2.05) is 0 Å². The zero-order valence-corrected chi connectivity index (χ0v) is 12.7. The summed E-state index contributed by atoms with van der Waals surface area (Å²) < 4.78 is 0. The zero-order chi connectivity index (χ0) is 14.5. The Balaban J connectivity index is 2.15.